The third-order valence-corrected chi connectivity index (χ3v) is 5.79. The molecule has 0 bridgehead atoms. The van der Waals surface area contributed by atoms with Crippen LogP contribution in [-0.4, -0.2) is 46.4 Å². The summed E-state index contributed by atoms with van der Waals surface area (Å²) in [6.07, 6.45) is 2.11. The minimum absolute atomic E-state index is 0.0638. The molecule has 1 spiro atoms. The number of rotatable bonds is 1. The minimum Gasteiger partial charge on any atom is -0.337 e. The van der Waals surface area contributed by atoms with E-state index in [0.717, 1.165) is 18.5 Å². The van der Waals surface area contributed by atoms with Crippen LogP contribution in [0, 0.1) is 0 Å². The lowest BCUT2D eigenvalue weighted by atomic mass is 9.67. The van der Waals surface area contributed by atoms with Crippen LogP contribution in [0.2, 0.25) is 0 Å². The van der Waals surface area contributed by atoms with Gasteiger partial charge in [-0.3, -0.25) is 9.59 Å². The minimum atomic E-state index is -0.155. The van der Waals surface area contributed by atoms with Gasteiger partial charge < -0.3 is 9.80 Å². The van der Waals surface area contributed by atoms with Gasteiger partial charge >= 0.3 is 0 Å². The zero-order chi connectivity index (χ0) is 16.7. The Kier molecular flexibility index (Phi) is 3.60. The third kappa shape index (κ3) is 2.31. The van der Waals surface area contributed by atoms with Crippen LogP contribution in [0.15, 0.2) is 29.6 Å². The van der Waals surface area contributed by atoms with E-state index in [1.807, 2.05) is 30.1 Å². The highest BCUT2D eigenvalue weighted by molar-refractivity contribution is 7.03. The summed E-state index contributed by atoms with van der Waals surface area (Å²) in [6, 6.07) is 8.13. The highest BCUT2D eigenvalue weighted by atomic mass is 32.1. The third-order valence-electron chi connectivity index (χ3n) is 5.29. The van der Waals surface area contributed by atoms with Gasteiger partial charge in [0.2, 0.25) is 5.91 Å². The lowest BCUT2D eigenvalue weighted by Crippen LogP contribution is -2.50. The molecule has 124 valence electrons. The Hall–Kier alpha value is -2.28. The number of carbonyl (C=O) groups excluding carboxylic acids is 2. The molecule has 0 unspecified atom stereocenters. The first kappa shape index (κ1) is 15.3. The van der Waals surface area contributed by atoms with Crippen LogP contribution < -0.4 is 4.90 Å². The lowest BCUT2D eigenvalue weighted by molar-refractivity contribution is -0.120. The number of anilines is 1. The Morgan fingerprint density at radius 1 is 1.25 bits per heavy atom. The van der Waals surface area contributed by atoms with Crippen LogP contribution in [0.5, 0.6) is 0 Å². The van der Waals surface area contributed by atoms with Crippen LogP contribution >= 0.6 is 11.5 Å². The summed E-state index contributed by atoms with van der Waals surface area (Å²) in [5, 5.41) is 5.55. The smallest absolute Gasteiger partial charge is 0.275 e. The molecule has 0 N–H and O–H groups in total. The standard InChI is InChI=1S/C17H18N4O2S/c1-20-14-5-3-2-4-12(14)17(10-15(20)22)6-8-21(9-7-17)16(23)13-11-24-19-18-13/h2-5,11H,6-10H2,1H3. The van der Waals surface area contributed by atoms with Gasteiger partial charge in [0, 0.05) is 43.0 Å². The van der Waals surface area contributed by atoms with E-state index in [1.54, 1.807) is 10.3 Å². The van der Waals surface area contributed by atoms with Crippen molar-refractivity contribution in [2.45, 2.75) is 24.7 Å². The highest BCUT2D eigenvalue weighted by Gasteiger charge is 2.44. The van der Waals surface area contributed by atoms with Crippen molar-refractivity contribution in [1.82, 2.24) is 14.5 Å². The second kappa shape index (κ2) is 5.66. The molecular weight excluding hydrogens is 324 g/mol. The molecule has 7 heteroatoms. The number of fused-ring (bicyclic) bond motifs is 2. The molecule has 0 aliphatic carbocycles. The number of likely N-dealkylation sites (tertiary alicyclic amines) is 1. The van der Waals surface area contributed by atoms with Crippen molar-refractivity contribution in [2.24, 2.45) is 0 Å². The van der Waals surface area contributed by atoms with Crippen LogP contribution in [0.4, 0.5) is 5.69 Å². The Morgan fingerprint density at radius 3 is 2.71 bits per heavy atom. The summed E-state index contributed by atoms with van der Waals surface area (Å²) < 4.78 is 3.76. The summed E-state index contributed by atoms with van der Waals surface area (Å²) in [5.41, 5.74) is 2.49. The molecule has 24 heavy (non-hydrogen) atoms. The van der Waals surface area contributed by atoms with Gasteiger partial charge in [-0.1, -0.05) is 22.7 Å². The molecular formula is C17H18N4O2S. The van der Waals surface area contributed by atoms with E-state index in [1.165, 1.54) is 17.1 Å². The van der Waals surface area contributed by atoms with Crippen LogP contribution in [-0.2, 0) is 10.2 Å². The van der Waals surface area contributed by atoms with E-state index in [0.29, 0.717) is 25.2 Å². The molecule has 0 radical (unpaired) electrons. The molecule has 2 aliphatic heterocycles. The molecule has 1 aromatic carbocycles. The fourth-order valence-corrected chi connectivity index (χ4v) is 4.29. The van der Waals surface area contributed by atoms with Gasteiger partial charge in [0.15, 0.2) is 5.69 Å². The fourth-order valence-electron chi connectivity index (χ4n) is 3.86. The summed E-state index contributed by atoms with van der Waals surface area (Å²) in [7, 11) is 1.84. The predicted molar refractivity (Wildman–Crippen MR) is 91.2 cm³/mol. The van der Waals surface area contributed by atoms with Gasteiger partial charge in [-0.2, -0.15) is 0 Å². The van der Waals surface area contributed by atoms with Crippen LogP contribution in [0.3, 0.4) is 0 Å². The molecule has 1 fully saturated rings. The lowest BCUT2D eigenvalue weighted by Gasteiger charge is -2.46. The summed E-state index contributed by atoms with van der Waals surface area (Å²) in [4.78, 5) is 28.5. The molecule has 0 atom stereocenters. The molecule has 2 aromatic rings. The SMILES string of the molecule is CN1C(=O)CC2(CCN(C(=O)c3csnn3)CC2)c2ccccc21. The van der Waals surface area contributed by atoms with Crippen molar-refractivity contribution in [1.29, 1.82) is 0 Å². The molecule has 2 amide bonds. The summed E-state index contributed by atoms with van der Waals surface area (Å²) >= 11 is 1.19. The van der Waals surface area contributed by atoms with Gasteiger partial charge in [0.25, 0.3) is 5.91 Å². The maximum absolute atomic E-state index is 12.5. The van der Waals surface area contributed by atoms with Crippen molar-refractivity contribution < 1.29 is 9.59 Å². The number of benzene rings is 1. The van der Waals surface area contributed by atoms with Gasteiger partial charge in [0.1, 0.15) is 0 Å². The zero-order valence-electron chi connectivity index (χ0n) is 13.4. The topological polar surface area (TPSA) is 66.4 Å². The normalized spacial score (nSPS) is 19.5. The molecule has 6 nitrogen and oxygen atoms in total. The van der Waals surface area contributed by atoms with E-state index >= 15 is 0 Å². The molecule has 2 aliphatic rings. The first-order valence-electron chi connectivity index (χ1n) is 8.03. The van der Waals surface area contributed by atoms with Crippen molar-refractivity contribution >= 4 is 29.0 Å². The van der Waals surface area contributed by atoms with E-state index in [2.05, 4.69) is 15.7 Å². The Morgan fingerprint density at radius 2 is 2.00 bits per heavy atom. The number of hydrogen-bond acceptors (Lipinski definition) is 5. The first-order valence-corrected chi connectivity index (χ1v) is 8.87. The number of para-hydroxylation sites is 1. The van der Waals surface area contributed by atoms with Crippen molar-refractivity contribution in [3.8, 4) is 0 Å². The number of nitrogens with zero attached hydrogens (tertiary/aromatic N) is 4. The Bertz CT molecular complexity index is 782. The fraction of sp³-hybridized carbons (Fsp3) is 0.412. The predicted octanol–water partition coefficient (Wildman–Crippen LogP) is 2.08. The van der Waals surface area contributed by atoms with E-state index in [9.17, 15) is 9.59 Å². The number of piperidine rings is 1. The van der Waals surface area contributed by atoms with Gasteiger partial charge in [-0.25, -0.2) is 0 Å². The average Bonchev–Trinajstić information content (AvgIpc) is 3.15. The molecule has 3 heterocycles. The second-order valence-corrected chi connectivity index (χ2v) is 7.12. The number of aromatic nitrogens is 2. The van der Waals surface area contributed by atoms with Gasteiger partial charge in [-0.05, 0) is 36.0 Å². The van der Waals surface area contributed by atoms with E-state index in [-0.39, 0.29) is 17.2 Å². The van der Waals surface area contributed by atoms with Crippen molar-refractivity contribution in [3.05, 3.63) is 40.9 Å². The van der Waals surface area contributed by atoms with Crippen LogP contribution in [0.1, 0.15) is 35.3 Å². The molecule has 0 saturated carbocycles. The number of amides is 2. The maximum Gasteiger partial charge on any atom is 0.275 e. The zero-order valence-corrected chi connectivity index (χ0v) is 14.3. The first-order chi connectivity index (χ1) is 11.6. The average molecular weight is 342 g/mol. The number of carbonyl (C=O) groups is 2. The molecule has 4 rings (SSSR count). The van der Waals surface area contributed by atoms with Gasteiger partial charge in [0.05, 0.1) is 0 Å². The maximum atomic E-state index is 12.5. The van der Waals surface area contributed by atoms with Crippen molar-refractivity contribution in [2.75, 3.05) is 25.0 Å². The van der Waals surface area contributed by atoms with E-state index in [4.69, 9.17) is 0 Å². The second-order valence-electron chi connectivity index (χ2n) is 6.51. The quantitative estimate of drug-likeness (QED) is 0.796. The Balaban J connectivity index is 1.59. The number of hydrogen-bond donors (Lipinski definition) is 0. The van der Waals surface area contributed by atoms with Gasteiger partial charge in [-0.15, -0.1) is 5.10 Å². The van der Waals surface area contributed by atoms with Crippen molar-refractivity contribution in [3.63, 3.8) is 0 Å². The summed E-state index contributed by atoms with van der Waals surface area (Å²) in [6.45, 7) is 1.28. The summed E-state index contributed by atoms with van der Waals surface area (Å²) in [5.74, 6) is 0.0864. The van der Waals surface area contributed by atoms with Crippen LogP contribution in [0.25, 0.3) is 0 Å². The largest absolute Gasteiger partial charge is 0.337 e. The van der Waals surface area contributed by atoms with E-state index < -0.39 is 0 Å². The molecule has 1 aromatic heterocycles. The monoisotopic (exact) mass is 342 g/mol. The highest BCUT2D eigenvalue weighted by Crippen LogP contribution is 2.46. The molecule has 1 saturated heterocycles. The Labute approximate surface area is 144 Å².